The van der Waals surface area contributed by atoms with E-state index in [0.717, 1.165) is 0 Å². The van der Waals surface area contributed by atoms with Gasteiger partial charge in [-0.15, -0.1) is 0 Å². The molecule has 0 saturated carbocycles. The second-order valence-corrected chi connectivity index (χ2v) is 2.76. The fourth-order valence-electron chi connectivity index (χ4n) is 0.827. The van der Waals surface area contributed by atoms with Gasteiger partial charge in [0.2, 0.25) is 0 Å². The summed E-state index contributed by atoms with van der Waals surface area (Å²) in [6.07, 6.45) is 0. The molecule has 1 aromatic carbocycles. The molecule has 0 heterocycles. The first-order chi connectivity index (χ1) is 6.24. The quantitative estimate of drug-likeness (QED) is 0.717. The third-order valence-electron chi connectivity index (χ3n) is 1.57. The summed E-state index contributed by atoms with van der Waals surface area (Å²) in [5.41, 5.74) is 0. The average molecular weight is 177 g/mol. The number of phenols is 1. The van der Waals surface area contributed by atoms with Crippen LogP contribution in [0.15, 0.2) is 24.3 Å². The van der Waals surface area contributed by atoms with Crippen LogP contribution in [-0.4, -0.2) is 17.8 Å². The van der Waals surface area contributed by atoms with Gasteiger partial charge in [-0.25, -0.2) is 6.57 Å². The van der Waals surface area contributed by atoms with Gasteiger partial charge in [0.15, 0.2) is 18.1 Å². The molecule has 1 unspecified atom stereocenters. The molecule has 0 spiro atoms. The Balaban J connectivity index is 2.56. The Bertz CT molecular complexity index is 317. The smallest absolute Gasteiger partial charge is 0.254 e. The summed E-state index contributed by atoms with van der Waals surface area (Å²) >= 11 is 0. The van der Waals surface area contributed by atoms with Crippen molar-refractivity contribution in [2.45, 2.75) is 13.0 Å². The van der Waals surface area contributed by atoms with Crippen LogP contribution in [0.25, 0.3) is 4.85 Å². The Labute approximate surface area is 77.4 Å². The molecule has 0 aliphatic rings. The van der Waals surface area contributed by atoms with Gasteiger partial charge in [-0.3, -0.25) is 0 Å². The SMILES string of the molecule is [C-]#[N+]C(C)COc1ccccc1O. The molecule has 0 aliphatic carbocycles. The molecular weight excluding hydrogens is 166 g/mol. The number of nitrogens with zero attached hydrogens (tertiary/aromatic N) is 1. The van der Waals surface area contributed by atoms with Crippen LogP contribution in [0, 0.1) is 6.57 Å². The first-order valence-corrected chi connectivity index (χ1v) is 4.01. The van der Waals surface area contributed by atoms with E-state index in [1.807, 2.05) is 0 Å². The van der Waals surface area contributed by atoms with E-state index in [2.05, 4.69) is 4.85 Å². The van der Waals surface area contributed by atoms with Crippen molar-refractivity contribution in [2.75, 3.05) is 6.61 Å². The van der Waals surface area contributed by atoms with Gasteiger partial charge in [-0.05, 0) is 12.1 Å². The van der Waals surface area contributed by atoms with Crippen molar-refractivity contribution in [2.24, 2.45) is 0 Å². The monoisotopic (exact) mass is 177 g/mol. The van der Waals surface area contributed by atoms with Crippen LogP contribution in [0.4, 0.5) is 0 Å². The van der Waals surface area contributed by atoms with E-state index in [4.69, 9.17) is 11.3 Å². The maximum absolute atomic E-state index is 9.29. The third kappa shape index (κ3) is 2.68. The lowest BCUT2D eigenvalue weighted by atomic mass is 10.3. The molecule has 0 fully saturated rings. The molecular formula is C10H11NO2. The lowest BCUT2D eigenvalue weighted by Gasteiger charge is -2.06. The van der Waals surface area contributed by atoms with Crippen LogP contribution in [0.3, 0.4) is 0 Å². The molecule has 1 rings (SSSR count). The molecule has 1 atom stereocenters. The highest BCUT2D eigenvalue weighted by Gasteiger charge is 2.06. The second kappa shape index (κ2) is 4.36. The number of aromatic hydroxyl groups is 1. The number of benzene rings is 1. The number of rotatable bonds is 3. The van der Waals surface area contributed by atoms with E-state index in [9.17, 15) is 5.11 Å². The Morgan fingerprint density at radius 3 is 2.85 bits per heavy atom. The van der Waals surface area contributed by atoms with Gasteiger partial charge in [0, 0.05) is 6.92 Å². The maximum Gasteiger partial charge on any atom is 0.254 e. The van der Waals surface area contributed by atoms with Gasteiger partial charge in [0.1, 0.15) is 0 Å². The predicted molar refractivity (Wildman–Crippen MR) is 49.7 cm³/mol. The minimum Gasteiger partial charge on any atom is -0.504 e. The van der Waals surface area contributed by atoms with Gasteiger partial charge in [-0.2, -0.15) is 0 Å². The summed E-state index contributed by atoms with van der Waals surface area (Å²) in [6.45, 7) is 8.79. The van der Waals surface area contributed by atoms with Gasteiger partial charge < -0.3 is 14.7 Å². The molecule has 1 aromatic rings. The van der Waals surface area contributed by atoms with Crippen molar-refractivity contribution in [1.82, 2.24) is 0 Å². The van der Waals surface area contributed by atoms with Crippen LogP contribution in [0.1, 0.15) is 6.92 Å². The fraction of sp³-hybridized carbons (Fsp3) is 0.300. The maximum atomic E-state index is 9.29. The van der Waals surface area contributed by atoms with E-state index >= 15 is 0 Å². The van der Waals surface area contributed by atoms with Crippen LogP contribution >= 0.6 is 0 Å². The van der Waals surface area contributed by atoms with Crippen LogP contribution < -0.4 is 4.74 Å². The molecule has 0 bridgehead atoms. The largest absolute Gasteiger partial charge is 0.504 e. The number of hydrogen-bond donors (Lipinski definition) is 1. The minimum atomic E-state index is -0.181. The van der Waals surface area contributed by atoms with Crippen molar-refractivity contribution >= 4 is 0 Å². The van der Waals surface area contributed by atoms with Crippen LogP contribution in [-0.2, 0) is 0 Å². The summed E-state index contributed by atoms with van der Waals surface area (Å²) in [5.74, 6) is 0.540. The normalized spacial score (nSPS) is 11.7. The summed E-state index contributed by atoms with van der Waals surface area (Å²) in [5, 5.41) is 9.29. The number of para-hydroxylation sites is 2. The van der Waals surface area contributed by atoms with Crippen molar-refractivity contribution in [3.8, 4) is 11.5 Å². The lowest BCUT2D eigenvalue weighted by molar-refractivity contribution is 0.293. The second-order valence-electron chi connectivity index (χ2n) is 2.76. The molecule has 0 aliphatic heterocycles. The van der Waals surface area contributed by atoms with E-state index in [1.165, 1.54) is 0 Å². The Hall–Kier alpha value is -1.69. The zero-order valence-corrected chi connectivity index (χ0v) is 7.40. The molecule has 0 aromatic heterocycles. The van der Waals surface area contributed by atoms with Gasteiger partial charge >= 0.3 is 0 Å². The molecule has 3 nitrogen and oxygen atoms in total. The zero-order chi connectivity index (χ0) is 9.68. The van der Waals surface area contributed by atoms with Crippen molar-refractivity contribution in [3.05, 3.63) is 35.7 Å². The molecule has 3 heteroatoms. The van der Waals surface area contributed by atoms with Gasteiger partial charge in [0.05, 0.1) is 0 Å². The Morgan fingerprint density at radius 2 is 2.23 bits per heavy atom. The van der Waals surface area contributed by atoms with Crippen LogP contribution in [0.5, 0.6) is 11.5 Å². The molecule has 13 heavy (non-hydrogen) atoms. The standard InChI is InChI=1S/C10H11NO2/c1-8(11-2)7-13-10-6-4-3-5-9(10)12/h3-6,8,12H,7H2,1H3. The minimum absolute atomic E-state index is 0.111. The van der Waals surface area contributed by atoms with Gasteiger partial charge in [-0.1, -0.05) is 12.1 Å². The lowest BCUT2D eigenvalue weighted by Crippen LogP contribution is -2.09. The highest BCUT2D eigenvalue weighted by Crippen LogP contribution is 2.24. The molecule has 0 amide bonds. The van der Waals surface area contributed by atoms with Crippen molar-refractivity contribution < 1.29 is 9.84 Å². The summed E-state index contributed by atoms with van der Waals surface area (Å²) in [7, 11) is 0. The van der Waals surface area contributed by atoms with Crippen molar-refractivity contribution in [1.29, 1.82) is 0 Å². The van der Waals surface area contributed by atoms with E-state index in [-0.39, 0.29) is 11.8 Å². The van der Waals surface area contributed by atoms with E-state index < -0.39 is 0 Å². The first-order valence-electron chi connectivity index (χ1n) is 4.01. The molecule has 68 valence electrons. The zero-order valence-electron chi connectivity index (χ0n) is 7.40. The molecule has 1 N–H and O–H groups in total. The predicted octanol–water partition coefficient (Wildman–Crippen LogP) is 2.08. The summed E-state index contributed by atoms with van der Waals surface area (Å²) in [4.78, 5) is 3.28. The van der Waals surface area contributed by atoms with E-state index in [0.29, 0.717) is 12.4 Å². The molecule has 0 saturated heterocycles. The number of ether oxygens (including phenoxy) is 1. The molecule has 0 radical (unpaired) electrons. The topological polar surface area (TPSA) is 33.8 Å². The summed E-state index contributed by atoms with van der Waals surface area (Å²) in [6, 6.07) is 6.54. The number of phenolic OH excluding ortho intramolecular Hbond substituents is 1. The Kier molecular flexibility index (Phi) is 3.15. The van der Waals surface area contributed by atoms with Gasteiger partial charge in [0.25, 0.3) is 6.04 Å². The fourth-order valence-corrected chi connectivity index (χ4v) is 0.827. The summed E-state index contributed by atoms with van der Waals surface area (Å²) < 4.78 is 5.23. The highest BCUT2D eigenvalue weighted by molar-refractivity contribution is 5.37. The average Bonchev–Trinajstić information content (AvgIpc) is 2.16. The first kappa shape index (κ1) is 9.40. The number of hydrogen-bond acceptors (Lipinski definition) is 2. The van der Waals surface area contributed by atoms with Crippen LogP contribution in [0.2, 0.25) is 0 Å². The highest BCUT2D eigenvalue weighted by atomic mass is 16.5. The van der Waals surface area contributed by atoms with Crippen molar-refractivity contribution in [3.63, 3.8) is 0 Å². The third-order valence-corrected chi connectivity index (χ3v) is 1.57. The van der Waals surface area contributed by atoms with E-state index in [1.54, 1.807) is 31.2 Å². The Morgan fingerprint density at radius 1 is 1.54 bits per heavy atom.